The van der Waals surface area contributed by atoms with Gasteiger partial charge in [0.25, 0.3) is 0 Å². The number of hydrogen-bond acceptors (Lipinski definition) is 2. The van der Waals surface area contributed by atoms with Crippen molar-refractivity contribution < 1.29 is 13.9 Å². The van der Waals surface area contributed by atoms with E-state index in [1.54, 1.807) is 6.07 Å². The first-order valence-electron chi connectivity index (χ1n) is 4.98. The van der Waals surface area contributed by atoms with Crippen LogP contribution in [0.3, 0.4) is 0 Å². The molecule has 0 aliphatic rings. The summed E-state index contributed by atoms with van der Waals surface area (Å²) in [4.78, 5) is 0. The smallest absolute Gasteiger partial charge is 0.129 e. The topological polar surface area (TPSA) is 20.2 Å². The maximum Gasteiger partial charge on any atom is 0.129 e. The SMILES string of the molecule is Cc1cc(F)c(C(O)c2cc(Br)sc2Br)cc1F. The molecule has 18 heavy (non-hydrogen) atoms. The number of aliphatic hydroxyl groups excluding tert-OH is 1. The molecule has 0 amide bonds. The molecule has 0 radical (unpaired) electrons. The van der Waals surface area contributed by atoms with Gasteiger partial charge in [-0.1, -0.05) is 0 Å². The predicted octanol–water partition coefficient (Wildman–Crippen LogP) is 4.94. The molecular weight excluding hydrogens is 390 g/mol. The van der Waals surface area contributed by atoms with Gasteiger partial charge in [-0.15, -0.1) is 11.3 Å². The normalized spacial score (nSPS) is 12.8. The van der Waals surface area contributed by atoms with Crippen LogP contribution in [0.5, 0.6) is 0 Å². The van der Waals surface area contributed by atoms with E-state index in [0.29, 0.717) is 9.35 Å². The minimum Gasteiger partial charge on any atom is -0.383 e. The van der Waals surface area contributed by atoms with Crippen molar-refractivity contribution >= 4 is 43.2 Å². The van der Waals surface area contributed by atoms with Gasteiger partial charge in [0.2, 0.25) is 0 Å². The molecule has 0 bridgehead atoms. The molecule has 1 aromatic heterocycles. The summed E-state index contributed by atoms with van der Waals surface area (Å²) in [7, 11) is 0. The Kier molecular flexibility index (Phi) is 4.21. The van der Waals surface area contributed by atoms with Crippen LogP contribution in [0, 0.1) is 18.6 Å². The first-order chi connectivity index (χ1) is 8.40. The highest BCUT2D eigenvalue weighted by atomic mass is 79.9. The second-order valence-electron chi connectivity index (χ2n) is 3.80. The average Bonchev–Trinajstić information content (AvgIpc) is 2.62. The van der Waals surface area contributed by atoms with Crippen molar-refractivity contribution in [1.29, 1.82) is 0 Å². The van der Waals surface area contributed by atoms with E-state index in [4.69, 9.17) is 0 Å². The highest BCUT2D eigenvalue weighted by Gasteiger charge is 2.21. The molecule has 1 heterocycles. The summed E-state index contributed by atoms with van der Waals surface area (Å²) in [5.74, 6) is -1.15. The lowest BCUT2D eigenvalue weighted by molar-refractivity contribution is 0.214. The Morgan fingerprint density at radius 1 is 1.11 bits per heavy atom. The molecule has 1 aromatic carbocycles. The van der Waals surface area contributed by atoms with E-state index >= 15 is 0 Å². The largest absolute Gasteiger partial charge is 0.383 e. The van der Waals surface area contributed by atoms with Crippen LogP contribution < -0.4 is 0 Å². The summed E-state index contributed by atoms with van der Waals surface area (Å²) >= 11 is 7.93. The molecule has 1 N–H and O–H groups in total. The van der Waals surface area contributed by atoms with Crippen molar-refractivity contribution in [1.82, 2.24) is 0 Å². The average molecular weight is 398 g/mol. The lowest BCUT2D eigenvalue weighted by atomic mass is 10.0. The van der Waals surface area contributed by atoms with E-state index in [9.17, 15) is 13.9 Å². The minimum absolute atomic E-state index is 0.0656. The number of hydrogen-bond donors (Lipinski definition) is 1. The fraction of sp³-hybridized carbons (Fsp3) is 0.167. The molecule has 1 unspecified atom stereocenters. The Labute approximate surface area is 124 Å². The van der Waals surface area contributed by atoms with Gasteiger partial charge in [0.05, 0.1) is 7.57 Å². The van der Waals surface area contributed by atoms with Crippen LogP contribution in [-0.4, -0.2) is 5.11 Å². The van der Waals surface area contributed by atoms with Crippen LogP contribution in [0.2, 0.25) is 0 Å². The number of thiophene rings is 1. The molecule has 0 aliphatic carbocycles. The maximum absolute atomic E-state index is 13.8. The molecule has 96 valence electrons. The number of halogens is 4. The van der Waals surface area contributed by atoms with Gasteiger partial charge in [-0.2, -0.15) is 0 Å². The third-order valence-corrected chi connectivity index (χ3v) is 4.94. The van der Waals surface area contributed by atoms with Gasteiger partial charge in [-0.05, 0) is 62.5 Å². The van der Waals surface area contributed by atoms with E-state index in [1.807, 2.05) is 0 Å². The molecule has 0 fully saturated rings. The van der Waals surface area contributed by atoms with E-state index in [-0.39, 0.29) is 11.1 Å². The Balaban J connectivity index is 2.49. The Hall–Kier alpha value is -0.300. The second kappa shape index (κ2) is 5.36. The highest BCUT2D eigenvalue weighted by Crippen LogP contribution is 2.38. The summed E-state index contributed by atoms with van der Waals surface area (Å²) in [6.45, 7) is 1.48. The van der Waals surface area contributed by atoms with Crippen LogP contribution >= 0.6 is 43.2 Å². The lowest BCUT2D eigenvalue weighted by Gasteiger charge is -2.12. The fourth-order valence-electron chi connectivity index (χ4n) is 1.58. The Bertz CT molecular complexity index is 598. The molecule has 2 rings (SSSR count). The van der Waals surface area contributed by atoms with E-state index in [2.05, 4.69) is 31.9 Å². The van der Waals surface area contributed by atoms with Crippen molar-refractivity contribution in [3.05, 3.63) is 54.1 Å². The van der Waals surface area contributed by atoms with Gasteiger partial charge < -0.3 is 5.11 Å². The van der Waals surface area contributed by atoms with Gasteiger partial charge in [0.1, 0.15) is 17.7 Å². The fourth-order valence-corrected chi connectivity index (χ4v) is 4.46. The lowest BCUT2D eigenvalue weighted by Crippen LogP contribution is -2.04. The monoisotopic (exact) mass is 396 g/mol. The molecular formula is C12H8Br2F2OS. The van der Waals surface area contributed by atoms with Gasteiger partial charge in [-0.25, -0.2) is 8.78 Å². The summed E-state index contributed by atoms with van der Waals surface area (Å²) in [6, 6.07) is 3.80. The minimum atomic E-state index is -1.20. The van der Waals surface area contributed by atoms with Gasteiger partial charge in [0.15, 0.2) is 0 Å². The molecule has 0 saturated heterocycles. The summed E-state index contributed by atoms with van der Waals surface area (Å²) in [5, 5.41) is 10.1. The summed E-state index contributed by atoms with van der Waals surface area (Å²) in [5.41, 5.74) is 0.659. The maximum atomic E-state index is 13.8. The zero-order valence-corrected chi connectivity index (χ0v) is 13.2. The van der Waals surface area contributed by atoms with Gasteiger partial charge in [0, 0.05) is 11.1 Å². The molecule has 1 atom stereocenters. The van der Waals surface area contributed by atoms with E-state index in [1.165, 1.54) is 18.3 Å². The molecule has 6 heteroatoms. The first-order valence-corrected chi connectivity index (χ1v) is 7.38. The van der Waals surface area contributed by atoms with Crippen LogP contribution in [0.25, 0.3) is 0 Å². The van der Waals surface area contributed by atoms with Crippen molar-refractivity contribution in [2.45, 2.75) is 13.0 Å². The van der Waals surface area contributed by atoms with Crippen LogP contribution in [-0.2, 0) is 0 Å². The quantitative estimate of drug-likeness (QED) is 0.760. The summed E-state index contributed by atoms with van der Waals surface area (Å²) in [6.07, 6.45) is -1.20. The molecule has 2 aromatic rings. The molecule has 1 nitrogen and oxygen atoms in total. The van der Waals surface area contributed by atoms with Crippen molar-refractivity contribution in [3.8, 4) is 0 Å². The number of rotatable bonds is 2. The van der Waals surface area contributed by atoms with Crippen LogP contribution in [0.15, 0.2) is 25.8 Å². The third-order valence-electron chi connectivity index (χ3n) is 2.55. The standard InChI is InChI=1S/C12H8Br2F2OS/c1-5-2-9(16)6(3-8(5)15)11(17)7-4-10(13)18-12(7)14/h2-4,11,17H,1H3. The number of benzene rings is 1. The van der Waals surface area contributed by atoms with Crippen LogP contribution in [0.4, 0.5) is 8.78 Å². The van der Waals surface area contributed by atoms with Crippen molar-refractivity contribution in [2.75, 3.05) is 0 Å². The zero-order valence-electron chi connectivity index (χ0n) is 9.18. The Morgan fingerprint density at radius 2 is 1.78 bits per heavy atom. The van der Waals surface area contributed by atoms with Crippen LogP contribution in [0.1, 0.15) is 22.8 Å². The predicted molar refractivity (Wildman–Crippen MR) is 74.9 cm³/mol. The van der Waals surface area contributed by atoms with Gasteiger partial charge in [-0.3, -0.25) is 0 Å². The first kappa shape index (κ1) is 14.1. The molecule has 0 aliphatic heterocycles. The number of aliphatic hydroxyl groups is 1. The second-order valence-corrected chi connectivity index (χ2v) is 7.55. The van der Waals surface area contributed by atoms with E-state index in [0.717, 1.165) is 15.9 Å². The number of aryl methyl sites for hydroxylation is 1. The van der Waals surface area contributed by atoms with Gasteiger partial charge >= 0.3 is 0 Å². The third kappa shape index (κ3) is 2.66. The Morgan fingerprint density at radius 3 is 2.33 bits per heavy atom. The van der Waals surface area contributed by atoms with Crippen molar-refractivity contribution in [2.24, 2.45) is 0 Å². The van der Waals surface area contributed by atoms with Crippen molar-refractivity contribution in [3.63, 3.8) is 0 Å². The highest BCUT2D eigenvalue weighted by molar-refractivity contribution is 9.12. The zero-order chi connectivity index (χ0) is 13.4. The van der Waals surface area contributed by atoms with E-state index < -0.39 is 17.7 Å². The molecule has 0 spiro atoms. The summed E-state index contributed by atoms with van der Waals surface area (Å²) < 4.78 is 28.7. The molecule has 0 saturated carbocycles.